The third kappa shape index (κ3) is 5.98. The molecule has 0 atom stereocenters. The Balaban J connectivity index is 1.22. The van der Waals surface area contributed by atoms with Gasteiger partial charge in [0.25, 0.3) is 5.91 Å². The molecule has 0 unspecified atom stereocenters. The average molecular weight is 433 g/mol. The molecule has 0 aliphatic carbocycles. The number of ether oxygens (including phenoxy) is 1. The van der Waals surface area contributed by atoms with Crippen LogP contribution < -0.4 is 4.74 Å². The highest BCUT2D eigenvalue weighted by molar-refractivity contribution is 5.94. The first-order valence-corrected chi connectivity index (χ1v) is 11.4. The first-order valence-electron chi connectivity index (χ1n) is 11.4. The zero-order valence-electron chi connectivity index (χ0n) is 19.0. The highest BCUT2D eigenvalue weighted by atomic mass is 16.5. The number of imidazole rings is 1. The molecule has 0 bridgehead atoms. The Morgan fingerprint density at radius 1 is 1.12 bits per heavy atom. The van der Waals surface area contributed by atoms with E-state index in [1.807, 2.05) is 31.2 Å². The van der Waals surface area contributed by atoms with Crippen LogP contribution in [0.1, 0.15) is 40.3 Å². The van der Waals surface area contributed by atoms with E-state index in [0.29, 0.717) is 12.1 Å². The summed E-state index contributed by atoms with van der Waals surface area (Å²) in [6, 6.07) is 18.2. The standard InChI is InChI=1S/C26H32N4O2/c1-20-18-27-25(28-20)19-29(2)26(31)22-8-10-23(11-9-22)32-24-13-16-30(17-14-24)15-12-21-6-4-3-5-7-21/h3-11,18,24H,12-17,19H2,1-2H3,(H,27,28). The van der Waals surface area contributed by atoms with Gasteiger partial charge in [0.05, 0.1) is 6.54 Å². The fourth-order valence-corrected chi connectivity index (χ4v) is 4.12. The summed E-state index contributed by atoms with van der Waals surface area (Å²) in [6.07, 6.45) is 5.15. The molecule has 0 saturated carbocycles. The summed E-state index contributed by atoms with van der Waals surface area (Å²) in [5.74, 6) is 1.58. The fraction of sp³-hybridized carbons (Fsp3) is 0.385. The Morgan fingerprint density at radius 2 is 1.84 bits per heavy atom. The molecule has 1 aliphatic rings. The molecule has 32 heavy (non-hydrogen) atoms. The van der Waals surface area contributed by atoms with Gasteiger partial charge in [-0.2, -0.15) is 0 Å². The quantitative estimate of drug-likeness (QED) is 0.583. The Bertz CT molecular complexity index is 992. The van der Waals surface area contributed by atoms with Gasteiger partial charge in [-0.1, -0.05) is 30.3 Å². The van der Waals surface area contributed by atoms with Gasteiger partial charge in [0.15, 0.2) is 0 Å². The van der Waals surface area contributed by atoms with Crippen LogP contribution in [-0.2, 0) is 13.0 Å². The Labute approximate surface area is 190 Å². The number of aromatic amines is 1. The van der Waals surface area contributed by atoms with Gasteiger partial charge in [-0.15, -0.1) is 0 Å². The second kappa shape index (κ2) is 10.5. The number of carbonyl (C=O) groups is 1. The minimum absolute atomic E-state index is 0.0303. The average Bonchev–Trinajstić information content (AvgIpc) is 3.23. The van der Waals surface area contributed by atoms with Crippen molar-refractivity contribution in [2.24, 2.45) is 0 Å². The van der Waals surface area contributed by atoms with E-state index < -0.39 is 0 Å². The van der Waals surface area contributed by atoms with E-state index in [1.165, 1.54) is 5.56 Å². The first-order chi connectivity index (χ1) is 15.6. The Kier molecular flexibility index (Phi) is 7.22. The molecular formula is C26H32N4O2. The molecule has 4 rings (SSSR count). The maximum atomic E-state index is 12.7. The Morgan fingerprint density at radius 3 is 2.50 bits per heavy atom. The molecule has 1 amide bonds. The molecule has 6 heteroatoms. The highest BCUT2D eigenvalue weighted by Gasteiger charge is 2.20. The summed E-state index contributed by atoms with van der Waals surface area (Å²) in [7, 11) is 1.79. The van der Waals surface area contributed by atoms with E-state index in [-0.39, 0.29) is 12.0 Å². The molecule has 1 aliphatic heterocycles. The monoisotopic (exact) mass is 432 g/mol. The maximum absolute atomic E-state index is 12.7. The number of hydrogen-bond donors (Lipinski definition) is 1. The third-order valence-corrected chi connectivity index (χ3v) is 5.99. The summed E-state index contributed by atoms with van der Waals surface area (Å²) in [5.41, 5.74) is 3.04. The van der Waals surface area contributed by atoms with E-state index >= 15 is 0 Å². The lowest BCUT2D eigenvalue weighted by molar-refractivity contribution is 0.0781. The van der Waals surface area contributed by atoms with Crippen LogP contribution in [0.2, 0.25) is 0 Å². The predicted octanol–water partition coefficient (Wildman–Crippen LogP) is 4.08. The predicted molar refractivity (Wildman–Crippen MR) is 126 cm³/mol. The molecule has 168 valence electrons. The number of nitrogens with one attached hydrogen (secondary N) is 1. The van der Waals surface area contributed by atoms with Crippen molar-refractivity contribution in [3.63, 3.8) is 0 Å². The van der Waals surface area contributed by atoms with Crippen LogP contribution in [0.15, 0.2) is 60.8 Å². The normalized spacial score (nSPS) is 14.9. The number of piperidine rings is 1. The second-order valence-corrected chi connectivity index (χ2v) is 8.59. The van der Waals surface area contributed by atoms with E-state index in [9.17, 15) is 4.79 Å². The number of rotatable bonds is 8. The van der Waals surface area contributed by atoms with Crippen molar-refractivity contribution in [1.29, 1.82) is 0 Å². The lowest BCUT2D eigenvalue weighted by Crippen LogP contribution is -2.39. The first kappa shape index (κ1) is 22.1. The zero-order valence-corrected chi connectivity index (χ0v) is 19.0. The minimum atomic E-state index is -0.0303. The van der Waals surface area contributed by atoms with Crippen LogP contribution >= 0.6 is 0 Å². The molecule has 0 spiro atoms. The maximum Gasteiger partial charge on any atom is 0.254 e. The summed E-state index contributed by atoms with van der Waals surface area (Å²) < 4.78 is 6.19. The van der Waals surface area contributed by atoms with Crippen LogP contribution in [0.4, 0.5) is 0 Å². The van der Waals surface area contributed by atoms with Crippen LogP contribution in [0.5, 0.6) is 5.75 Å². The van der Waals surface area contributed by atoms with Crippen molar-refractivity contribution >= 4 is 5.91 Å². The molecule has 2 heterocycles. The smallest absolute Gasteiger partial charge is 0.254 e. The fourth-order valence-electron chi connectivity index (χ4n) is 4.12. The van der Waals surface area contributed by atoms with Crippen molar-refractivity contribution < 1.29 is 9.53 Å². The van der Waals surface area contributed by atoms with E-state index in [4.69, 9.17) is 4.74 Å². The van der Waals surface area contributed by atoms with Crippen molar-refractivity contribution in [2.45, 2.75) is 38.8 Å². The summed E-state index contributed by atoms with van der Waals surface area (Å²) in [4.78, 5) is 24.3. The zero-order chi connectivity index (χ0) is 22.3. The topological polar surface area (TPSA) is 61.5 Å². The summed E-state index contributed by atoms with van der Waals surface area (Å²) in [6.45, 7) is 5.62. The van der Waals surface area contributed by atoms with Gasteiger partial charge in [-0.3, -0.25) is 4.79 Å². The van der Waals surface area contributed by atoms with Crippen LogP contribution in [0.25, 0.3) is 0 Å². The number of H-pyrrole nitrogens is 1. The van der Waals surface area contributed by atoms with Crippen molar-refractivity contribution in [2.75, 3.05) is 26.7 Å². The van der Waals surface area contributed by atoms with Gasteiger partial charge < -0.3 is 19.5 Å². The Hall–Kier alpha value is -3.12. The van der Waals surface area contributed by atoms with Crippen molar-refractivity contribution in [3.05, 3.63) is 83.4 Å². The number of carbonyl (C=O) groups excluding carboxylic acids is 1. The largest absolute Gasteiger partial charge is 0.490 e. The van der Waals surface area contributed by atoms with Crippen molar-refractivity contribution in [3.8, 4) is 5.75 Å². The third-order valence-electron chi connectivity index (χ3n) is 5.99. The molecule has 0 radical (unpaired) electrons. The van der Waals surface area contributed by atoms with Crippen LogP contribution in [-0.4, -0.2) is 58.5 Å². The highest BCUT2D eigenvalue weighted by Crippen LogP contribution is 2.20. The molecule has 1 saturated heterocycles. The minimum Gasteiger partial charge on any atom is -0.490 e. The second-order valence-electron chi connectivity index (χ2n) is 8.59. The lowest BCUT2D eigenvalue weighted by Gasteiger charge is -2.32. The van der Waals surface area contributed by atoms with Crippen LogP contribution in [0, 0.1) is 6.92 Å². The van der Waals surface area contributed by atoms with E-state index in [1.54, 1.807) is 18.1 Å². The lowest BCUT2D eigenvalue weighted by atomic mass is 10.1. The number of aryl methyl sites for hydroxylation is 1. The number of nitrogens with zero attached hydrogens (tertiary/aromatic N) is 3. The van der Waals surface area contributed by atoms with Gasteiger partial charge in [-0.25, -0.2) is 4.98 Å². The van der Waals surface area contributed by atoms with E-state index in [2.05, 4.69) is 45.2 Å². The molecular weight excluding hydrogens is 400 g/mol. The molecule has 2 aromatic carbocycles. The number of likely N-dealkylation sites (tertiary alicyclic amines) is 1. The van der Waals surface area contributed by atoms with Gasteiger partial charge in [0, 0.05) is 44.1 Å². The summed E-state index contributed by atoms with van der Waals surface area (Å²) in [5, 5.41) is 0. The molecule has 3 aromatic rings. The molecule has 1 aromatic heterocycles. The summed E-state index contributed by atoms with van der Waals surface area (Å²) >= 11 is 0. The number of benzene rings is 2. The molecule has 1 fully saturated rings. The molecule has 6 nitrogen and oxygen atoms in total. The number of hydrogen-bond acceptors (Lipinski definition) is 4. The van der Waals surface area contributed by atoms with Crippen LogP contribution in [0.3, 0.4) is 0 Å². The van der Waals surface area contributed by atoms with Crippen molar-refractivity contribution in [1.82, 2.24) is 19.8 Å². The van der Waals surface area contributed by atoms with Gasteiger partial charge in [0.2, 0.25) is 0 Å². The number of aromatic nitrogens is 2. The number of amides is 1. The molecule has 1 N–H and O–H groups in total. The van der Waals surface area contributed by atoms with Gasteiger partial charge in [-0.05, 0) is 56.0 Å². The van der Waals surface area contributed by atoms with Gasteiger partial charge >= 0.3 is 0 Å². The van der Waals surface area contributed by atoms with E-state index in [0.717, 1.165) is 56.2 Å². The SMILES string of the molecule is Cc1cnc(CN(C)C(=O)c2ccc(OC3CCN(CCc4ccccc4)CC3)cc2)[nH]1. The van der Waals surface area contributed by atoms with Gasteiger partial charge in [0.1, 0.15) is 17.7 Å².